The molecular formula is C14H16N4O2. The number of amides is 1. The highest BCUT2D eigenvalue weighted by Crippen LogP contribution is 2.11. The summed E-state index contributed by atoms with van der Waals surface area (Å²) in [5.41, 5.74) is 1.31. The van der Waals surface area contributed by atoms with Crippen LogP contribution in [0.15, 0.2) is 42.7 Å². The van der Waals surface area contributed by atoms with E-state index in [2.05, 4.69) is 20.6 Å². The topological polar surface area (TPSA) is 76.1 Å². The van der Waals surface area contributed by atoms with Crippen molar-refractivity contribution in [3.05, 3.63) is 48.3 Å². The van der Waals surface area contributed by atoms with Crippen LogP contribution < -0.4 is 10.6 Å². The zero-order valence-corrected chi connectivity index (χ0v) is 11.2. The lowest BCUT2D eigenvalue weighted by Gasteiger charge is -2.06. The third kappa shape index (κ3) is 4.03. The van der Waals surface area contributed by atoms with Crippen molar-refractivity contribution in [1.29, 1.82) is 0 Å². The van der Waals surface area contributed by atoms with Crippen LogP contribution in [0.25, 0.3) is 0 Å². The van der Waals surface area contributed by atoms with Gasteiger partial charge in [-0.25, -0.2) is 9.97 Å². The largest absolute Gasteiger partial charge is 0.383 e. The summed E-state index contributed by atoms with van der Waals surface area (Å²) in [5, 5.41) is 5.75. The molecule has 1 aromatic carbocycles. The second kappa shape index (κ2) is 7.20. The number of carbonyl (C=O) groups excluding carboxylic acids is 1. The van der Waals surface area contributed by atoms with Crippen molar-refractivity contribution in [3.8, 4) is 0 Å². The minimum atomic E-state index is -0.215. The standard InChI is InChI=1S/C14H16N4O2/c1-20-8-7-15-13(19)11-9-16-14(17-10-11)18-12-5-3-2-4-6-12/h2-6,9-10H,7-8H2,1H3,(H,15,19)(H,16,17,18). The average Bonchev–Trinajstić information content (AvgIpc) is 2.49. The van der Waals surface area contributed by atoms with Crippen LogP contribution in [-0.4, -0.2) is 36.1 Å². The molecule has 104 valence electrons. The summed E-state index contributed by atoms with van der Waals surface area (Å²) in [5.74, 6) is 0.234. The van der Waals surface area contributed by atoms with Crippen molar-refractivity contribution < 1.29 is 9.53 Å². The number of benzene rings is 1. The fourth-order valence-corrected chi connectivity index (χ4v) is 1.53. The molecule has 6 nitrogen and oxygen atoms in total. The SMILES string of the molecule is COCCNC(=O)c1cnc(Nc2ccccc2)nc1. The van der Waals surface area contributed by atoms with Crippen molar-refractivity contribution in [2.45, 2.75) is 0 Å². The molecule has 0 spiro atoms. The number of aromatic nitrogens is 2. The molecule has 2 N–H and O–H groups in total. The molecule has 0 atom stereocenters. The van der Waals surface area contributed by atoms with Crippen LogP contribution in [0.4, 0.5) is 11.6 Å². The number of nitrogens with zero attached hydrogens (tertiary/aromatic N) is 2. The molecule has 20 heavy (non-hydrogen) atoms. The number of carbonyl (C=O) groups is 1. The molecule has 1 amide bonds. The van der Waals surface area contributed by atoms with Gasteiger partial charge in [0.05, 0.1) is 12.2 Å². The van der Waals surface area contributed by atoms with E-state index in [9.17, 15) is 4.79 Å². The minimum Gasteiger partial charge on any atom is -0.383 e. The molecular weight excluding hydrogens is 256 g/mol. The Morgan fingerprint density at radius 2 is 1.90 bits per heavy atom. The van der Waals surface area contributed by atoms with Crippen LogP contribution in [0.3, 0.4) is 0 Å². The van der Waals surface area contributed by atoms with Gasteiger partial charge in [-0.05, 0) is 12.1 Å². The number of anilines is 2. The zero-order chi connectivity index (χ0) is 14.2. The first-order chi connectivity index (χ1) is 9.79. The monoisotopic (exact) mass is 272 g/mol. The normalized spacial score (nSPS) is 10.1. The van der Waals surface area contributed by atoms with E-state index in [-0.39, 0.29) is 5.91 Å². The molecule has 0 fully saturated rings. The zero-order valence-electron chi connectivity index (χ0n) is 11.2. The Labute approximate surface area is 117 Å². The second-order valence-electron chi connectivity index (χ2n) is 4.04. The van der Waals surface area contributed by atoms with E-state index in [1.165, 1.54) is 12.4 Å². The maximum Gasteiger partial charge on any atom is 0.254 e. The molecule has 0 saturated carbocycles. The lowest BCUT2D eigenvalue weighted by atomic mass is 10.3. The maximum absolute atomic E-state index is 11.7. The van der Waals surface area contributed by atoms with Gasteiger partial charge in [-0.2, -0.15) is 0 Å². The molecule has 0 radical (unpaired) electrons. The maximum atomic E-state index is 11.7. The lowest BCUT2D eigenvalue weighted by Crippen LogP contribution is -2.27. The fourth-order valence-electron chi connectivity index (χ4n) is 1.53. The van der Waals surface area contributed by atoms with Crippen molar-refractivity contribution in [1.82, 2.24) is 15.3 Å². The number of nitrogens with one attached hydrogen (secondary N) is 2. The van der Waals surface area contributed by atoms with E-state index in [0.29, 0.717) is 24.7 Å². The van der Waals surface area contributed by atoms with E-state index in [0.717, 1.165) is 5.69 Å². The number of para-hydroxylation sites is 1. The quantitative estimate of drug-likeness (QED) is 0.781. The van der Waals surface area contributed by atoms with E-state index in [1.54, 1.807) is 7.11 Å². The van der Waals surface area contributed by atoms with Gasteiger partial charge in [0, 0.05) is 31.7 Å². The number of ether oxygens (including phenoxy) is 1. The van der Waals surface area contributed by atoms with Gasteiger partial charge in [0.2, 0.25) is 5.95 Å². The lowest BCUT2D eigenvalue weighted by molar-refractivity contribution is 0.0936. The molecule has 2 aromatic rings. The smallest absolute Gasteiger partial charge is 0.254 e. The highest BCUT2D eigenvalue weighted by molar-refractivity contribution is 5.93. The van der Waals surface area contributed by atoms with Gasteiger partial charge in [0.1, 0.15) is 0 Å². The van der Waals surface area contributed by atoms with E-state index in [4.69, 9.17) is 4.74 Å². The molecule has 0 aliphatic rings. The van der Waals surface area contributed by atoms with Crippen LogP contribution >= 0.6 is 0 Å². The van der Waals surface area contributed by atoms with Crippen molar-refractivity contribution in [3.63, 3.8) is 0 Å². The Balaban J connectivity index is 1.94. The summed E-state index contributed by atoms with van der Waals surface area (Å²) in [6, 6.07) is 9.59. The summed E-state index contributed by atoms with van der Waals surface area (Å²) in [6.45, 7) is 0.930. The summed E-state index contributed by atoms with van der Waals surface area (Å²) in [7, 11) is 1.58. The van der Waals surface area contributed by atoms with E-state index >= 15 is 0 Å². The summed E-state index contributed by atoms with van der Waals surface area (Å²) in [4.78, 5) is 19.9. The molecule has 0 aliphatic heterocycles. The Hall–Kier alpha value is -2.47. The number of hydrogen-bond acceptors (Lipinski definition) is 5. The van der Waals surface area contributed by atoms with Crippen LogP contribution in [0.2, 0.25) is 0 Å². The molecule has 1 aromatic heterocycles. The molecule has 0 bridgehead atoms. The van der Waals surface area contributed by atoms with Gasteiger partial charge in [0.25, 0.3) is 5.91 Å². The van der Waals surface area contributed by atoms with Gasteiger partial charge < -0.3 is 15.4 Å². The number of rotatable bonds is 6. The van der Waals surface area contributed by atoms with Crippen LogP contribution in [0, 0.1) is 0 Å². The van der Waals surface area contributed by atoms with Crippen molar-refractivity contribution >= 4 is 17.5 Å². The van der Waals surface area contributed by atoms with E-state index in [1.807, 2.05) is 30.3 Å². The first kappa shape index (κ1) is 14.0. The molecule has 0 unspecified atom stereocenters. The van der Waals surface area contributed by atoms with Gasteiger partial charge >= 0.3 is 0 Å². The van der Waals surface area contributed by atoms with Crippen LogP contribution in [0.1, 0.15) is 10.4 Å². The van der Waals surface area contributed by atoms with Gasteiger partial charge in [0.15, 0.2) is 0 Å². The molecule has 0 aliphatic carbocycles. The van der Waals surface area contributed by atoms with Crippen molar-refractivity contribution in [2.24, 2.45) is 0 Å². The molecule has 0 saturated heterocycles. The van der Waals surface area contributed by atoms with Crippen LogP contribution in [0.5, 0.6) is 0 Å². The summed E-state index contributed by atoms with van der Waals surface area (Å²) < 4.78 is 4.86. The Kier molecular flexibility index (Phi) is 5.02. The predicted molar refractivity (Wildman–Crippen MR) is 76.0 cm³/mol. The van der Waals surface area contributed by atoms with Gasteiger partial charge in [-0.1, -0.05) is 18.2 Å². The molecule has 1 heterocycles. The Bertz CT molecular complexity index is 543. The number of hydrogen-bond donors (Lipinski definition) is 2. The minimum absolute atomic E-state index is 0.215. The van der Waals surface area contributed by atoms with E-state index < -0.39 is 0 Å². The van der Waals surface area contributed by atoms with Gasteiger partial charge in [-0.3, -0.25) is 4.79 Å². The summed E-state index contributed by atoms with van der Waals surface area (Å²) >= 11 is 0. The number of methoxy groups -OCH3 is 1. The molecule has 6 heteroatoms. The summed E-state index contributed by atoms with van der Waals surface area (Å²) in [6.07, 6.45) is 2.97. The average molecular weight is 272 g/mol. The highest BCUT2D eigenvalue weighted by atomic mass is 16.5. The fraction of sp³-hybridized carbons (Fsp3) is 0.214. The third-order valence-corrected chi connectivity index (χ3v) is 2.54. The Morgan fingerprint density at radius 1 is 1.20 bits per heavy atom. The highest BCUT2D eigenvalue weighted by Gasteiger charge is 2.06. The van der Waals surface area contributed by atoms with Gasteiger partial charge in [-0.15, -0.1) is 0 Å². The van der Waals surface area contributed by atoms with Crippen molar-refractivity contribution in [2.75, 3.05) is 25.6 Å². The second-order valence-corrected chi connectivity index (χ2v) is 4.04. The Morgan fingerprint density at radius 3 is 2.55 bits per heavy atom. The predicted octanol–water partition coefficient (Wildman–Crippen LogP) is 1.60. The first-order valence-electron chi connectivity index (χ1n) is 6.21. The first-order valence-corrected chi connectivity index (χ1v) is 6.21. The third-order valence-electron chi connectivity index (χ3n) is 2.54. The molecule has 2 rings (SSSR count). The van der Waals surface area contributed by atoms with Crippen LogP contribution in [-0.2, 0) is 4.74 Å².